The summed E-state index contributed by atoms with van der Waals surface area (Å²) >= 11 is 0. The Balaban J connectivity index is 0.000000170. The molecule has 4 unspecified atom stereocenters. The van der Waals surface area contributed by atoms with Gasteiger partial charge in [0.05, 0.1) is 20.8 Å². The highest BCUT2D eigenvalue weighted by Crippen LogP contribution is 2.44. The number of ketones is 2. The molecule has 4 heterocycles. The molecule has 0 amide bonds. The Morgan fingerprint density at radius 2 is 1.23 bits per heavy atom. The molecule has 48 heavy (non-hydrogen) atoms. The van der Waals surface area contributed by atoms with Crippen LogP contribution in [0.1, 0.15) is 101 Å². The summed E-state index contributed by atoms with van der Waals surface area (Å²) < 4.78 is 16.8. The minimum Gasteiger partial charge on any atom is -0.504 e. The highest BCUT2D eigenvalue weighted by atomic mass is 16.5. The number of phenolic OH excluding ortho intramolecular Hbond substituents is 1. The van der Waals surface area contributed by atoms with Crippen molar-refractivity contribution in [3.05, 3.63) is 46.5 Å². The first-order valence-corrected chi connectivity index (χ1v) is 18.3. The smallest absolute Gasteiger partial charge is 0.161 e. The number of phenols is 1. The molecule has 0 aromatic heterocycles. The number of Topliss-reactive ketones (excluding diaryl/α,β-unsaturated/α-hetero) is 2. The van der Waals surface area contributed by atoms with Crippen molar-refractivity contribution < 1.29 is 28.9 Å². The highest BCUT2D eigenvalue weighted by Gasteiger charge is 2.40. The zero-order valence-corrected chi connectivity index (χ0v) is 29.9. The molecule has 8 heteroatoms. The molecule has 1 N–H and O–H groups in total. The summed E-state index contributed by atoms with van der Waals surface area (Å²) in [6.45, 7) is 13.3. The minimum absolute atomic E-state index is 0.122. The summed E-state index contributed by atoms with van der Waals surface area (Å²) in [5.41, 5.74) is 4.89. The van der Waals surface area contributed by atoms with Crippen LogP contribution in [-0.4, -0.2) is 73.5 Å². The maximum Gasteiger partial charge on any atom is 0.161 e. The number of nitrogens with zero attached hydrogens (tertiary/aromatic N) is 2. The molecule has 3 fully saturated rings. The Morgan fingerprint density at radius 1 is 0.729 bits per heavy atom. The first-order chi connectivity index (χ1) is 23.0. The van der Waals surface area contributed by atoms with E-state index in [2.05, 4.69) is 49.6 Å². The van der Waals surface area contributed by atoms with Crippen molar-refractivity contribution in [1.82, 2.24) is 9.80 Å². The van der Waals surface area contributed by atoms with Crippen LogP contribution >= 0.6 is 0 Å². The van der Waals surface area contributed by atoms with Crippen LogP contribution in [0.2, 0.25) is 0 Å². The lowest BCUT2D eigenvalue weighted by molar-refractivity contribution is -0.130. The largest absolute Gasteiger partial charge is 0.504 e. The van der Waals surface area contributed by atoms with Crippen LogP contribution in [0.25, 0.3) is 0 Å². The molecule has 2 saturated heterocycles. The Labute approximate surface area is 287 Å². The number of methoxy groups -OCH3 is 2. The monoisotopic (exact) mass is 660 g/mol. The second-order valence-electron chi connectivity index (χ2n) is 15.7. The van der Waals surface area contributed by atoms with Crippen LogP contribution in [0.5, 0.6) is 23.0 Å². The maximum atomic E-state index is 12.7. The molecule has 0 spiro atoms. The van der Waals surface area contributed by atoms with E-state index in [1.165, 1.54) is 29.5 Å². The maximum absolute atomic E-state index is 12.7. The van der Waals surface area contributed by atoms with Gasteiger partial charge < -0.3 is 19.3 Å². The van der Waals surface area contributed by atoms with Crippen molar-refractivity contribution >= 4 is 11.6 Å². The number of hydrogen-bond acceptors (Lipinski definition) is 8. The normalized spacial score (nSPS) is 25.4. The summed E-state index contributed by atoms with van der Waals surface area (Å²) in [5, 5.41) is 10.1. The van der Waals surface area contributed by atoms with Gasteiger partial charge in [-0.3, -0.25) is 19.4 Å². The third-order valence-electron chi connectivity index (χ3n) is 11.1. The van der Waals surface area contributed by atoms with Gasteiger partial charge in [0.1, 0.15) is 11.6 Å². The number of aromatic hydroxyl groups is 1. The van der Waals surface area contributed by atoms with E-state index in [1.807, 2.05) is 6.07 Å². The summed E-state index contributed by atoms with van der Waals surface area (Å²) in [5.74, 6) is 5.38. The topological polar surface area (TPSA) is 88.5 Å². The quantitative estimate of drug-likeness (QED) is 0.309. The first kappa shape index (κ1) is 34.8. The molecule has 2 aromatic rings. The Kier molecular flexibility index (Phi) is 10.7. The van der Waals surface area contributed by atoms with Gasteiger partial charge in [-0.15, -0.1) is 0 Å². The van der Waals surface area contributed by atoms with Crippen LogP contribution in [0, 0.1) is 29.6 Å². The molecule has 4 atom stereocenters. The van der Waals surface area contributed by atoms with E-state index >= 15 is 0 Å². The fourth-order valence-corrected chi connectivity index (χ4v) is 8.41. The van der Waals surface area contributed by atoms with E-state index in [1.54, 1.807) is 20.3 Å². The van der Waals surface area contributed by atoms with Gasteiger partial charge in [0.2, 0.25) is 0 Å². The van der Waals surface area contributed by atoms with Gasteiger partial charge >= 0.3 is 0 Å². The molecule has 1 saturated carbocycles. The van der Waals surface area contributed by atoms with Crippen LogP contribution in [0.3, 0.4) is 0 Å². The second kappa shape index (κ2) is 14.8. The Bertz CT molecular complexity index is 1480. The predicted molar refractivity (Wildman–Crippen MR) is 187 cm³/mol. The predicted octanol–water partition coefficient (Wildman–Crippen LogP) is 6.95. The lowest BCUT2D eigenvalue weighted by Gasteiger charge is -2.43. The number of ether oxygens (including phenoxy) is 3. The summed E-state index contributed by atoms with van der Waals surface area (Å²) in [7, 11) is 3.28. The van der Waals surface area contributed by atoms with E-state index in [9.17, 15) is 14.7 Å². The molecular formula is C40H56N2O6. The number of benzene rings is 2. The zero-order valence-electron chi connectivity index (χ0n) is 29.9. The molecule has 262 valence electrons. The zero-order chi connectivity index (χ0) is 34.1. The van der Waals surface area contributed by atoms with Gasteiger partial charge in [0, 0.05) is 62.9 Å². The number of carbonyl (C=O) groups is 2. The molecule has 4 aliphatic heterocycles. The van der Waals surface area contributed by atoms with E-state index in [4.69, 9.17) is 14.2 Å². The number of carbonyl (C=O) groups excluding carboxylic acids is 2. The lowest BCUT2D eigenvalue weighted by Crippen LogP contribution is -2.46. The van der Waals surface area contributed by atoms with Crippen molar-refractivity contribution in [2.24, 2.45) is 29.6 Å². The average molecular weight is 661 g/mol. The number of fused-ring (bicyclic) bond motifs is 6. The van der Waals surface area contributed by atoms with Crippen molar-refractivity contribution in [2.45, 2.75) is 91.1 Å². The molecule has 7 rings (SSSR count). The van der Waals surface area contributed by atoms with Crippen molar-refractivity contribution in [1.29, 1.82) is 0 Å². The lowest BCUT2D eigenvalue weighted by atomic mass is 9.80. The minimum atomic E-state index is 0.122. The molecule has 0 bridgehead atoms. The van der Waals surface area contributed by atoms with Crippen molar-refractivity contribution in [3.8, 4) is 23.0 Å². The van der Waals surface area contributed by atoms with Gasteiger partial charge in [0.15, 0.2) is 23.0 Å². The first-order valence-electron chi connectivity index (χ1n) is 18.3. The standard InChI is InChI=1S/C22H31NO3.C18H25NO3/c1-14(2)8-17-12-23-7-6-16-9-21(25-3)22(26-13-15-4-5-15)10-18(16)19(23)11-20(17)24;1-11(2)6-13-10-19-5-4-12-7-18(22-3)17(21)8-14(12)15(19)9-16(13)20/h9-10,14-15,17,19H,4-8,11-13H2,1-3H3;7-8,11,13,15,21H,4-6,9-10H2,1-3H3. The van der Waals surface area contributed by atoms with Gasteiger partial charge in [0.25, 0.3) is 0 Å². The molecule has 5 aliphatic rings. The summed E-state index contributed by atoms with van der Waals surface area (Å²) in [6, 6.07) is 8.34. The third-order valence-corrected chi connectivity index (χ3v) is 11.1. The fourth-order valence-electron chi connectivity index (χ4n) is 8.41. The van der Waals surface area contributed by atoms with Crippen molar-refractivity contribution in [2.75, 3.05) is 47.0 Å². The summed E-state index contributed by atoms with van der Waals surface area (Å²) in [6.07, 6.45) is 7.70. The molecule has 0 radical (unpaired) electrons. The number of hydrogen-bond donors (Lipinski definition) is 1. The summed E-state index contributed by atoms with van der Waals surface area (Å²) in [4.78, 5) is 30.2. The highest BCUT2D eigenvalue weighted by molar-refractivity contribution is 5.83. The van der Waals surface area contributed by atoms with Crippen LogP contribution < -0.4 is 14.2 Å². The molecule has 8 nitrogen and oxygen atoms in total. The van der Waals surface area contributed by atoms with Gasteiger partial charge in [-0.1, -0.05) is 27.7 Å². The molecule has 2 aromatic carbocycles. The number of rotatable bonds is 9. The Hall–Kier alpha value is -3.10. The van der Waals surface area contributed by atoms with Crippen LogP contribution in [0.15, 0.2) is 24.3 Å². The Morgan fingerprint density at radius 3 is 1.71 bits per heavy atom. The second-order valence-corrected chi connectivity index (χ2v) is 15.7. The van der Waals surface area contributed by atoms with E-state index in [-0.39, 0.29) is 29.7 Å². The fraction of sp³-hybridized carbons (Fsp3) is 0.650. The van der Waals surface area contributed by atoms with E-state index in [0.717, 1.165) is 75.5 Å². The van der Waals surface area contributed by atoms with Crippen LogP contribution in [-0.2, 0) is 22.4 Å². The van der Waals surface area contributed by atoms with Crippen LogP contribution in [0.4, 0.5) is 0 Å². The molecule has 1 aliphatic carbocycles. The van der Waals surface area contributed by atoms with E-state index in [0.29, 0.717) is 47.9 Å². The molecular weight excluding hydrogens is 604 g/mol. The number of piperidine rings is 2. The average Bonchev–Trinajstić information content (AvgIpc) is 3.88. The van der Waals surface area contributed by atoms with Gasteiger partial charge in [-0.2, -0.15) is 0 Å². The SMILES string of the molecule is COc1cc2c(cc1O)C1CC(=O)C(CC(C)C)CN1CC2.COc1cc2c(cc1OCC1CC1)C1CC(=O)C(CC(C)C)CN1CC2. The van der Waals surface area contributed by atoms with E-state index < -0.39 is 0 Å². The van der Waals surface area contributed by atoms with Crippen molar-refractivity contribution in [3.63, 3.8) is 0 Å². The third kappa shape index (κ3) is 7.70. The van der Waals surface area contributed by atoms with Gasteiger partial charge in [-0.05, 0) is 103 Å². The van der Waals surface area contributed by atoms with Gasteiger partial charge in [-0.25, -0.2) is 0 Å².